The van der Waals surface area contributed by atoms with Crippen molar-refractivity contribution in [3.8, 4) is 0 Å². The van der Waals surface area contributed by atoms with Gasteiger partial charge in [-0.05, 0) is 18.8 Å². The second kappa shape index (κ2) is 4.42. The number of hydrogen-bond acceptors (Lipinski definition) is 2. The number of aromatic nitrogens is 2. The molecule has 0 aromatic carbocycles. The van der Waals surface area contributed by atoms with Crippen molar-refractivity contribution in [1.29, 1.82) is 0 Å². The fourth-order valence-electron chi connectivity index (χ4n) is 1.42. The molecule has 0 aliphatic carbocycles. The van der Waals surface area contributed by atoms with Crippen LogP contribution in [0.4, 0.5) is 0 Å². The average Bonchev–Trinajstić information content (AvgIpc) is 2.43. The maximum absolute atomic E-state index is 5.59. The van der Waals surface area contributed by atoms with Crippen molar-refractivity contribution in [1.82, 2.24) is 9.55 Å². The Hall–Kier alpha value is -0.830. The van der Waals surface area contributed by atoms with Crippen molar-refractivity contribution < 1.29 is 0 Å². The number of imidazole rings is 1. The molecule has 1 rings (SSSR count). The summed E-state index contributed by atoms with van der Waals surface area (Å²) in [6.07, 6.45) is 4.13. The lowest BCUT2D eigenvalue weighted by atomic mass is 10.1. The van der Waals surface area contributed by atoms with E-state index in [0.29, 0.717) is 6.54 Å². The van der Waals surface area contributed by atoms with Crippen LogP contribution in [-0.4, -0.2) is 9.55 Å². The summed E-state index contributed by atoms with van der Waals surface area (Å²) in [7, 11) is 2.03. The van der Waals surface area contributed by atoms with E-state index in [2.05, 4.69) is 23.4 Å². The number of aryl methyl sites for hydroxylation is 1. The van der Waals surface area contributed by atoms with Gasteiger partial charge in [0, 0.05) is 19.3 Å². The highest BCUT2D eigenvalue weighted by Gasteiger charge is 2.07. The van der Waals surface area contributed by atoms with Crippen LogP contribution < -0.4 is 5.73 Å². The molecular formula is C10H19N3. The number of hydrogen-bond donors (Lipinski definition) is 1. The van der Waals surface area contributed by atoms with Crippen LogP contribution in [0.3, 0.4) is 0 Å². The van der Waals surface area contributed by atoms with E-state index in [4.69, 9.17) is 5.73 Å². The molecule has 1 heterocycles. The van der Waals surface area contributed by atoms with Crippen molar-refractivity contribution in [3.05, 3.63) is 17.7 Å². The molecule has 3 heteroatoms. The van der Waals surface area contributed by atoms with Gasteiger partial charge in [-0.2, -0.15) is 0 Å². The number of rotatable bonds is 4. The van der Waals surface area contributed by atoms with Gasteiger partial charge in [-0.25, -0.2) is 4.98 Å². The summed E-state index contributed by atoms with van der Waals surface area (Å²) >= 11 is 0. The number of nitrogens with zero attached hydrogens (tertiary/aromatic N) is 2. The normalized spacial score (nSPS) is 11.2. The van der Waals surface area contributed by atoms with Gasteiger partial charge in [0.05, 0.1) is 12.0 Å². The molecule has 0 aliphatic heterocycles. The molecule has 1 aromatic rings. The molecule has 0 saturated carbocycles. The third-order valence-corrected chi connectivity index (χ3v) is 2.30. The standard InChI is InChI=1S/C10H19N3/c1-8(2)4-5-10-9(6-11)12-7-13(10)3/h7-8H,4-6,11H2,1-3H3. The molecule has 0 unspecified atom stereocenters. The lowest BCUT2D eigenvalue weighted by Gasteiger charge is -2.06. The summed E-state index contributed by atoms with van der Waals surface area (Å²) in [6.45, 7) is 5.02. The zero-order valence-corrected chi connectivity index (χ0v) is 8.75. The summed E-state index contributed by atoms with van der Waals surface area (Å²) in [6, 6.07) is 0. The molecule has 0 saturated heterocycles. The molecule has 0 fully saturated rings. The van der Waals surface area contributed by atoms with Crippen molar-refractivity contribution >= 4 is 0 Å². The summed E-state index contributed by atoms with van der Waals surface area (Å²) in [5.41, 5.74) is 7.93. The molecule has 0 radical (unpaired) electrons. The van der Waals surface area contributed by atoms with Crippen LogP contribution in [0.1, 0.15) is 31.7 Å². The largest absolute Gasteiger partial charge is 0.337 e. The summed E-state index contributed by atoms with van der Waals surface area (Å²) in [4.78, 5) is 4.25. The van der Waals surface area contributed by atoms with E-state index in [1.807, 2.05) is 13.4 Å². The van der Waals surface area contributed by atoms with Crippen molar-refractivity contribution in [3.63, 3.8) is 0 Å². The fraction of sp³-hybridized carbons (Fsp3) is 0.700. The first-order chi connectivity index (χ1) is 6.15. The van der Waals surface area contributed by atoms with Crippen LogP contribution in [0.15, 0.2) is 6.33 Å². The molecule has 0 atom stereocenters. The minimum Gasteiger partial charge on any atom is -0.337 e. The molecule has 0 amide bonds. The Morgan fingerprint density at radius 3 is 2.77 bits per heavy atom. The van der Waals surface area contributed by atoms with E-state index in [9.17, 15) is 0 Å². The van der Waals surface area contributed by atoms with Crippen LogP contribution >= 0.6 is 0 Å². The predicted molar refractivity (Wildman–Crippen MR) is 54.3 cm³/mol. The van der Waals surface area contributed by atoms with Gasteiger partial charge < -0.3 is 10.3 Å². The van der Waals surface area contributed by atoms with Crippen molar-refractivity contribution in [2.45, 2.75) is 33.2 Å². The lowest BCUT2D eigenvalue weighted by molar-refractivity contribution is 0.571. The third-order valence-electron chi connectivity index (χ3n) is 2.30. The van der Waals surface area contributed by atoms with Crippen LogP contribution in [0.2, 0.25) is 0 Å². The van der Waals surface area contributed by atoms with Crippen LogP contribution in [0.5, 0.6) is 0 Å². The molecule has 3 nitrogen and oxygen atoms in total. The first-order valence-corrected chi connectivity index (χ1v) is 4.84. The van der Waals surface area contributed by atoms with Crippen molar-refractivity contribution in [2.24, 2.45) is 18.7 Å². The van der Waals surface area contributed by atoms with Gasteiger partial charge in [0.2, 0.25) is 0 Å². The fourth-order valence-corrected chi connectivity index (χ4v) is 1.42. The third kappa shape index (κ3) is 2.56. The summed E-state index contributed by atoms with van der Waals surface area (Å²) < 4.78 is 2.07. The molecule has 2 N–H and O–H groups in total. The van der Waals surface area contributed by atoms with E-state index >= 15 is 0 Å². The minimum atomic E-state index is 0.550. The van der Waals surface area contributed by atoms with E-state index in [0.717, 1.165) is 18.0 Å². The highest BCUT2D eigenvalue weighted by molar-refractivity contribution is 5.12. The van der Waals surface area contributed by atoms with Gasteiger partial charge in [0.15, 0.2) is 0 Å². The highest BCUT2D eigenvalue weighted by atomic mass is 15.0. The Labute approximate surface area is 80.0 Å². The minimum absolute atomic E-state index is 0.550. The molecule has 0 bridgehead atoms. The molecule has 1 aromatic heterocycles. The molecule has 74 valence electrons. The SMILES string of the molecule is CC(C)CCc1c(CN)ncn1C. The topological polar surface area (TPSA) is 43.8 Å². The van der Waals surface area contributed by atoms with Gasteiger partial charge >= 0.3 is 0 Å². The van der Waals surface area contributed by atoms with E-state index in [1.165, 1.54) is 12.1 Å². The first-order valence-electron chi connectivity index (χ1n) is 4.84. The van der Waals surface area contributed by atoms with Gasteiger partial charge in [-0.15, -0.1) is 0 Å². The zero-order chi connectivity index (χ0) is 9.84. The van der Waals surface area contributed by atoms with E-state index < -0.39 is 0 Å². The Kier molecular flexibility index (Phi) is 3.48. The Morgan fingerprint density at radius 1 is 1.54 bits per heavy atom. The van der Waals surface area contributed by atoms with E-state index in [1.54, 1.807) is 0 Å². The van der Waals surface area contributed by atoms with Crippen molar-refractivity contribution in [2.75, 3.05) is 0 Å². The summed E-state index contributed by atoms with van der Waals surface area (Å²) in [5, 5.41) is 0. The second-order valence-electron chi connectivity index (χ2n) is 3.89. The smallest absolute Gasteiger partial charge is 0.0949 e. The molecule has 0 spiro atoms. The molecule has 0 aliphatic rings. The highest BCUT2D eigenvalue weighted by Crippen LogP contribution is 2.11. The molecular weight excluding hydrogens is 162 g/mol. The predicted octanol–water partition coefficient (Wildman–Crippen LogP) is 1.47. The van der Waals surface area contributed by atoms with Gasteiger partial charge in [0.1, 0.15) is 0 Å². The zero-order valence-electron chi connectivity index (χ0n) is 8.75. The maximum atomic E-state index is 5.59. The maximum Gasteiger partial charge on any atom is 0.0949 e. The Morgan fingerprint density at radius 2 is 2.23 bits per heavy atom. The molecule has 13 heavy (non-hydrogen) atoms. The first kappa shape index (κ1) is 10.3. The Bertz CT molecular complexity index is 263. The number of nitrogens with two attached hydrogens (primary N) is 1. The van der Waals surface area contributed by atoms with Gasteiger partial charge in [-0.1, -0.05) is 13.8 Å². The van der Waals surface area contributed by atoms with Crippen LogP contribution in [0.25, 0.3) is 0 Å². The van der Waals surface area contributed by atoms with Gasteiger partial charge in [-0.3, -0.25) is 0 Å². The van der Waals surface area contributed by atoms with E-state index in [-0.39, 0.29) is 0 Å². The van der Waals surface area contributed by atoms with Gasteiger partial charge in [0.25, 0.3) is 0 Å². The Balaban J connectivity index is 2.68. The second-order valence-corrected chi connectivity index (χ2v) is 3.89. The average molecular weight is 181 g/mol. The quantitative estimate of drug-likeness (QED) is 0.764. The van der Waals surface area contributed by atoms with Crippen LogP contribution in [0, 0.1) is 5.92 Å². The summed E-state index contributed by atoms with van der Waals surface area (Å²) in [5.74, 6) is 0.737. The van der Waals surface area contributed by atoms with Crippen LogP contribution in [-0.2, 0) is 20.0 Å². The monoisotopic (exact) mass is 181 g/mol. The lowest BCUT2D eigenvalue weighted by Crippen LogP contribution is -2.05.